The number of aromatic nitrogens is 2. The van der Waals surface area contributed by atoms with E-state index in [4.69, 9.17) is 5.11 Å². The van der Waals surface area contributed by atoms with Crippen molar-refractivity contribution >= 4 is 0 Å². The maximum absolute atomic E-state index is 8.82. The third-order valence-electron chi connectivity index (χ3n) is 2.14. The zero-order valence-electron chi connectivity index (χ0n) is 7.77. The summed E-state index contributed by atoms with van der Waals surface area (Å²) in [6.45, 7) is 0.187. The average Bonchev–Trinajstić information content (AvgIpc) is 2.71. The molecule has 0 radical (unpaired) electrons. The second kappa shape index (κ2) is 4.07. The number of H-pyrrole nitrogens is 1. The van der Waals surface area contributed by atoms with Crippen LogP contribution in [0.25, 0.3) is 11.3 Å². The van der Waals surface area contributed by atoms with Gasteiger partial charge in [0.15, 0.2) is 0 Å². The number of nitrogens with one attached hydrogen (secondary N) is 1. The zero-order valence-corrected chi connectivity index (χ0v) is 7.77. The van der Waals surface area contributed by atoms with Gasteiger partial charge in [-0.25, -0.2) is 0 Å². The van der Waals surface area contributed by atoms with E-state index in [-0.39, 0.29) is 6.61 Å². The van der Waals surface area contributed by atoms with Crippen molar-refractivity contribution in [2.24, 2.45) is 0 Å². The fourth-order valence-corrected chi connectivity index (χ4v) is 1.44. The van der Waals surface area contributed by atoms with E-state index in [1.165, 1.54) is 0 Å². The van der Waals surface area contributed by atoms with Crippen molar-refractivity contribution in [3.8, 4) is 11.3 Å². The van der Waals surface area contributed by atoms with E-state index >= 15 is 0 Å². The largest absolute Gasteiger partial charge is 0.396 e. The lowest BCUT2D eigenvalue weighted by molar-refractivity contribution is 0.299. The van der Waals surface area contributed by atoms with Crippen LogP contribution < -0.4 is 0 Å². The molecule has 1 heterocycles. The lowest BCUT2D eigenvalue weighted by Gasteiger charge is -2.01. The Hall–Kier alpha value is -1.61. The number of nitrogens with zero attached hydrogens (tertiary/aromatic N) is 1. The van der Waals surface area contributed by atoms with E-state index in [2.05, 4.69) is 16.3 Å². The molecule has 72 valence electrons. The van der Waals surface area contributed by atoms with Gasteiger partial charge in [0.2, 0.25) is 0 Å². The van der Waals surface area contributed by atoms with Gasteiger partial charge in [0.1, 0.15) is 0 Å². The second-order valence-corrected chi connectivity index (χ2v) is 3.14. The molecule has 0 spiro atoms. The first-order valence-electron chi connectivity index (χ1n) is 4.59. The molecular formula is C11H12N2O. The van der Waals surface area contributed by atoms with Gasteiger partial charge in [0.25, 0.3) is 0 Å². The Balaban J connectivity index is 2.31. The van der Waals surface area contributed by atoms with E-state index in [9.17, 15) is 0 Å². The first-order valence-corrected chi connectivity index (χ1v) is 4.59. The minimum atomic E-state index is 0.187. The number of aromatic amines is 1. The van der Waals surface area contributed by atoms with Crippen molar-refractivity contribution in [3.63, 3.8) is 0 Å². The number of aliphatic hydroxyl groups is 1. The molecule has 0 atom stereocenters. The highest BCUT2D eigenvalue weighted by Crippen LogP contribution is 2.17. The third kappa shape index (κ3) is 1.83. The number of hydrogen-bond acceptors (Lipinski definition) is 2. The summed E-state index contributed by atoms with van der Waals surface area (Å²) in [7, 11) is 0. The van der Waals surface area contributed by atoms with Crippen molar-refractivity contribution in [1.29, 1.82) is 0 Å². The van der Waals surface area contributed by atoms with Crippen molar-refractivity contribution in [2.75, 3.05) is 6.61 Å². The topological polar surface area (TPSA) is 48.9 Å². The Bertz CT molecular complexity index is 395. The average molecular weight is 188 g/mol. The molecular weight excluding hydrogens is 176 g/mol. The van der Waals surface area contributed by atoms with Crippen LogP contribution >= 0.6 is 0 Å². The fraction of sp³-hybridized carbons (Fsp3) is 0.182. The Morgan fingerprint density at radius 2 is 2.21 bits per heavy atom. The standard InChI is InChI=1S/C11H12N2O/c14-7-5-9-2-1-3-10(8-9)11-4-6-12-13-11/h1-4,6,8,14H,5,7H2,(H,12,13). The molecule has 1 aromatic heterocycles. The predicted octanol–water partition coefficient (Wildman–Crippen LogP) is 1.61. The van der Waals surface area contributed by atoms with Gasteiger partial charge in [0.05, 0.1) is 5.69 Å². The van der Waals surface area contributed by atoms with Crippen molar-refractivity contribution in [1.82, 2.24) is 10.2 Å². The predicted molar refractivity (Wildman–Crippen MR) is 54.8 cm³/mol. The SMILES string of the molecule is OCCc1cccc(-c2ccn[nH]2)c1. The van der Waals surface area contributed by atoms with Crippen molar-refractivity contribution in [2.45, 2.75) is 6.42 Å². The van der Waals surface area contributed by atoms with Crippen molar-refractivity contribution < 1.29 is 5.11 Å². The summed E-state index contributed by atoms with van der Waals surface area (Å²) >= 11 is 0. The van der Waals surface area contributed by atoms with Gasteiger partial charge in [-0.15, -0.1) is 0 Å². The minimum Gasteiger partial charge on any atom is -0.396 e. The molecule has 0 saturated carbocycles. The molecule has 1 aromatic carbocycles. The van der Waals surface area contributed by atoms with Gasteiger partial charge in [-0.2, -0.15) is 5.10 Å². The number of rotatable bonds is 3. The first kappa shape index (κ1) is 8.97. The zero-order chi connectivity index (χ0) is 9.80. The number of aliphatic hydroxyl groups excluding tert-OH is 1. The van der Waals surface area contributed by atoms with Crippen LogP contribution in [0, 0.1) is 0 Å². The van der Waals surface area contributed by atoms with Crippen LogP contribution in [0.2, 0.25) is 0 Å². The van der Waals surface area contributed by atoms with Gasteiger partial charge in [0, 0.05) is 12.8 Å². The molecule has 2 N–H and O–H groups in total. The molecule has 0 saturated heterocycles. The highest BCUT2D eigenvalue weighted by atomic mass is 16.2. The summed E-state index contributed by atoms with van der Waals surface area (Å²) < 4.78 is 0. The normalized spacial score (nSPS) is 10.4. The molecule has 0 fully saturated rings. The molecule has 3 nitrogen and oxygen atoms in total. The Morgan fingerprint density at radius 1 is 1.29 bits per heavy atom. The number of hydrogen-bond donors (Lipinski definition) is 2. The fourth-order valence-electron chi connectivity index (χ4n) is 1.44. The summed E-state index contributed by atoms with van der Waals surface area (Å²) in [5, 5.41) is 15.6. The summed E-state index contributed by atoms with van der Waals surface area (Å²) in [5.74, 6) is 0. The highest BCUT2D eigenvalue weighted by Gasteiger charge is 1.99. The first-order chi connectivity index (χ1) is 6.90. The minimum absolute atomic E-state index is 0.187. The Kier molecular flexibility index (Phi) is 2.60. The molecule has 2 aromatic rings. The van der Waals surface area contributed by atoms with Crippen LogP contribution in [0.15, 0.2) is 36.5 Å². The molecule has 14 heavy (non-hydrogen) atoms. The van der Waals surface area contributed by atoms with E-state index in [1.807, 2.05) is 24.3 Å². The van der Waals surface area contributed by atoms with Crippen molar-refractivity contribution in [3.05, 3.63) is 42.1 Å². The summed E-state index contributed by atoms with van der Waals surface area (Å²) in [5.41, 5.74) is 3.25. The van der Waals surface area contributed by atoms with Gasteiger partial charge in [-0.3, -0.25) is 5.10 Å². The number of benzene rings is 1. The van der Waals surface area contributed by atoms with Crippen LogP contribution in [0.4, 0.5) is 0 Å². The van der Waals surface area contributed by atoms with Crippen LogP contribution in [-0.4, -0.2) is 21.9 Å². The maximum atomic E-state index is 8.82. The van der Waals surface area contributed by atoms with E-state index < -0.39 is 0 Å². The van der Waals surface area contributed by atoms with Crippen LogP contribution in [0.3, 0.4) is 0 Å². The van der Waals surface area contributed by atoms with E-state index in [0.717, 1.165) is 16.8 Å². The van der Waals surface area contributed by atoms with Gasteiger partial charge >= 0.3 is 0 Å². The van der Waals surface area contributed by atoms with E-state index in [1.54, 1.807) is 6.20 Å². The summed E-state index contributed by atoms with van der Waals surface area (Å²) in [4.78, 5) is 0. The summed E-state index contributed by atoms with van der Waals surface area (Å²) in [6, 6.07) is 10.0. The van der Waals surface area contributed by atoms with Gasteiger partial charge in [-0.05, 0) is 29.7 Å². The lowest BCUT2D eigenvalue weighted by Crippen LogP contribution is -1.90. The molecule has 2 rings (SSSR count). The monoisotopic (exact) mass is 188 g/mol. The molecule has 0 amide bonds. The maximum Gasteiger partial charge on any atom is 0.0650 e. The highest BCUT2D eigenvalue weighted by molar-refractivity contribution is 5.59. The second-order valence-electron chi connectivity index (χ2n) is 3.14. The quantitative estimate of drug-likeness (QED) is 0.768. The molecule has 0 unspecified atom stereocenters. The van der Waals surface area contributed by atoms with Crippen LogP contribution in [0.5, 0.6) is 0 Å². The van der Waals surface area contributed by atoms with Gasteiger partial charge in [-0.1, -0.05) is 18.2 Å². The molecule has 0 aliphatic rings. The third-order valence-corrected chi connectivity index (χ3v) is 2.14. The van der Waals surface area contributed by atoms with Crippen LogP contribution in [0.1, 0.15) is 5.56 Å². The Labute approximate surface area is 82.4 Å². The molecule has 0 aliphatic carbocycles. The molecule has 0 aliphatic heterocycles. The summed E-state index contributed by atoms with van der Waals surface area (Å²) in [6.07, 6.45) is 2.43. The smallest absolute Gasteiger partial charge is 0.0650 e. The van der Waals surface area contributed by atoms with E-state index in [0.29, 0.717) is 6.42 Å². The van der Waals surface area contributed by atoms with Gasteiger partial charge < -0.3 is 5.11 Å². The Morgan fingerprint density at radius 3 is 2.93 bits per heavy atom. The van der Waals surface area contributed by atoms with Crippen LogP contribution in [-0.2, 0) is 6.42 Å². The lowest BCUT2D eigenvalue weighted by atomic mass is 10.1. The molecule has 0 bridgehead atoms. The molecule has 3 heteroatoms.